The van der Waals surface area contributed by atoms with Crippen molar-refractivity contribution in [3.63, 3.8) is 0 Å². The summed E-state index contributed by atoms with van der Waals surface area (Å²) in [7, 11) is 0. The Morgan fingerprint density at radius 3 is 2.92 bits per heavy atom. The maximum absolute atomic E-state index is 8.68. The molecule has 13 heavy (non-hydrogen) atoms. The van der Waals surface area contributed by atoms with Crippen molar-refractivity contribution < 1.29 is 0 Å². The van der Waals surface area contributed by atoms with E-state index in [0.717, 1.165) is 5.69 Å². The molecule has 2 aromatic rings. The van der Waals surface area contributed by atoms with Crippen molar-refractivity contribution in [1.82, 2.24) is 9.78 Å². The van der Waals surface area contributed by atoms with Crippen LogP contribution in [0, 0.1) is 11.3 Å². The molecule has 0 N–H and O–H groups in total. The third-order valence-electron chi connectivity index (χ3n) is 1.74. The second-order valence-corrected chi connectivity index (χ2v) is 2.61. The van der Waals surface area contributed by atoms with Crippen molar-refractivity contribution >= 4 is 0 Å². The fourth-order valence-corrected chi connectivity index (χ4v) is 1.14. The Morgan fingerprint density at radius 2 is 2.23 bits per heavy atom. The standard InChI is InChI=1S/C10H7N3/c11-8-9-3-1-4-10(7-9)13-6-2-5-12-13/h1-7H. The van der Waals surface area contributed by atoms with Crippen LogP contribution in [0.1, 0.15) is 5.56 Å². The van der Waals surface area contributed by atoms with E-state index in [2.05, 4.69) is 11.2 Å². The molecular formula is C10H7N3. The number of nitrogens with zero attached hydrogens (tertiary/aromatic N) is 3. The maximum Gasteiger partial charge on any atom is 0.0992 e. The summed E-state index contributed by atoms with van der Waals surface area (Å²) >= 11 is 0. The van der Waals surface area contributed by atoms with Crippen molar-refractivity contribution in [3.05, 3.63) is 48.3 Å². The molecule has 0 bridgehead atoms. The summed E-state index contributed by atoms with van der Waals surface area (Å²) in [5.41, 5.74) is 1.55. The highest BCUT2D eigenvalue weighted by atomic mass is 15.3. The second-order valence-electron chi connectivity index (χ2n) is 2.61. The van der Waals surface area contributed by atoms with E-state index in [-0.39, 0.29) is 0 Å². The van der Waals surface area contributed by atoms with Crippen molar-refractivity contribution in [2.24, 2.45) is 0 Å². The van der Waals surface area contributed by atoms with Crippen LogP contribution in [-0.2, 0) is 0 Å². The number of hydrogen-bond donors (Lipinski definition) is 0. The van der Waals surface area contributed by atoms with E-state index in [9.17, 15) is 0 Å². The van der Waals surface area contributed by atoms with E-state index in [4.69, 9.17) is 5.26 Å². The van der Waals surface area contributed by atoms with Gasteiger partial charge in [0.05, 0.1) is 17.3 Å². The summed E-state index contributed by atoms with van der Waals surface area (Å²) in [6.45, 7) is 0. The SMILES string of the molecule is N#Cc1cccc(-n2cccn2)c1. The third-order valence-corrected chi connectivity index (χ3v) is 1.74. The molecule has 1 aromatic heterocycles. The molecule has 0 aliphatic heterocycles. The summed E-state index contributed by atoms with van der Waals surface area (Å²) in [5, 5.41) is 12.7. The number of hydrogen-bond acceptors (Lipinski definition) is 2. The normalized spacial score (nSPS) is 9.46. The van der Waals surface area contributed by atoms with E-state index in [0.29, 0.717) is 5.56 Å². The maximum atomic E-state index is 8.68. The predicted octanol–water partition coefficient (Wildman–Crippen LogP) is 1.74. The zero-order valence-electron chi connectivity index (χ0n) is 6.88. The molecule has 0 amide bonds. The Balaban J connectivity index is 2.49. The van der Waals surface area contributed by atoms with Gasteiger partial charge >= 0.3 is 0 Å². The van der Waals surface area contributed by atoms with Gasteiger partial charge in [-0.1, -0.05) is 6.07 Å². The summed E-state index contributed by atoms with van der Waals surface area (Å²) in [4.78, 5) is 0. The lowest BCUT2D eigenvalue weighted by atomic mass is 10.2. The lowest BCUT2D eigenvalue weighted by molar-refractivity contribution is 0.880. The first-order chi connectivity index (χ1) is 6.40. The van der Waals surface area contributed by atoms with Gasteiger partial charge in [-0.2, -0.15) is 10.4 Å². The molecule has 0 fully saturated rings. The highest BCUT2D eigenvalue weighted by Crippen LogP contribution is 2.07. The van der Waals surface area contributed by atoms with E-state index >= 15 is 0 Å². The highest BCUT2D eigenvalue weighted by molar-refractivity contribution is 5.40. The molecule has 0 aliphatic rings. The van der Waals surface area contributed by atoms with Crippen LogP contribution < -0.4 is 0 Å². The minimum absolute atomic E-state index is 0.646. The van der Waals surface area contributed by atoms with Crippen molar-refractivity contribution in [2.45, 2.75) is 0 Å². The highest BCUT2D eigenvalue weighted by Gasteiger charge is 1.96. The average molecular weight is 169 g/mol. The molecule has 0 atom stereocenters. The van der Waals surface area contributed by atoms with Crippen molar-refractivity contribution in [1.29, 1.82) is 5.26 Å². The largest absolute Gasteiger partial charge is 0.241 e. The molecule has 3 heteroatoms. The second kappa shape index (κ2) is 3.11. The van der Waals surface area contributed by atoms with Gasteiger partial charge in [0.1, 0.15) is 0 Å². The van der Waals surface area contributed by atoms with E-state index in [1.165, 1.54) is 0 Å². The lowest BCUT2D eigenvalue weighted by Crippen LogP contribution is -1.93. The molecular weight excluding hydrogens is 162 g/mol. The summed E-state index contributed by atoms with van der Waals surface area (Å²) < 4.78 is 1.72. The van der Waals surface area contributed by atoms with E-state index in [1.54, 1.807) is 23.0 Å². The van der Waals surface area contributed by atoms with Crippen LogP contribution in [0.25, 0.3) is 5.69 Å². The third kappa shape index (κ3) is 1.42. The molecule has 1 heterocycles. The monoisotopic (exact) mass is 169 g/mol. The molecule has 3 nitrogen and oxygen atoms in total. The Labute approximate surface area is 75.9 Å². The molecule has 2 rings (SSSR count). The van der Waals surface area contributed by atoms with Gasteiger partial charge in [-0.25, -0.2) is 4.68 Å². The quantitative estimate of drug-likeness (QED) is 0.652. The van der Waals surface area contributed by atoms with Crippen LogP contribution in [0.15, 0.2) is 42.7 Å². The average Bonchev–Trinajstić information content (AvgIpc) is 2.71. The van der Waals surface area contributed by atoms with Crippen LogP contribution in [0.3, 0.4) is 0 Å². The predicted molar refractivity (Wildman–Crippen MR) is 48.3 cm³/mol. The molecule has 0 saturated carbocycles. The number of aromatic nitrogens is 2. The molecule has 0 unspecified atom stereocenters. The zero-order valence-corrected chi connectivity index (χ0v) is 6.88. The van der Waals surface area contributed by atoms with Crippen LogP contribution in [0.4, 0.5) is 0 Å². The Morgan fingerprint density at radius 1 is 1.31 bits per heavy atom. The van der Waals surface area contributed by atoms with E-state index in [1.807, 2.05) is 24.4 Å². The Hall–Kier alpha value is -2.08. The first-order valence-corrected chi connectivity index (χ1v) is 3.90. The lowest BCUT2D eigenvalue weighted by Gasteiger charge is -1.99. The van der Waals surface area contributed by atoms with Crippen LogP contribution in [0.5, 0.6) is 0 Å². The van der Waals surface area contributed by atoms with Gasteiger partial charge in [0.2, 0.25) is 0 Å². The van der Waals surface area contributed by atoms with E-state index < -0.39 is 0 Å². The van der Waals surface area contributed by atoms with Gasteiger partial charge in [-0.15, -0.1) is 0 Å². The molecule has 0 saturated heterocycles. The van der Waals surface area contributed by atoms with Gasteiger partial charge in [0.15, 0.2) is 0 Å². The molecule has 62 valence electrons. The fourth-order valence-electron chi connectivity index (χ4n) is 1.14. The van der Waals surface area contributed by atoms with Gasteiger partial charge < -0.3 is 0 Å². The first-order valence-electron chi connectivity index (χ1n) is 3.90. The Bertz CT molecular complexity index is 437. The smallest absolute Gasteiger partial charge is 0.0992 e. The number of rotatable bonds is 1. The molecule has 1 aromatic carbocycles. The zero-order chi connectivity index (χ0) is 9.10. The minimum atomic E-state index is 0.646. The van der Waals surface area contributed by atoms with Crippen LogP contribution in [-0.4, -0.2) is 9.78 Å². The van der Waals surface area contributed by atoms with Crippen molar-refractivity contribution in [2.75, 3.05) is 0 Å². The van der Waals surface area contributed by atoms with Gasteiger partial charge in [-0.3, -0.25) is 0 Å². The van der Waals surface area contributed by atoms with Gasteiger partial charge in [0.25, 0.3) is 0 Å². The molecule has 0 radical (unpaired) electrons. The number of nitriles is 1. The van der Waals surface area contributed by atoms with Crippen molar-refractivity contribution in [3.8, 4) is 11.8 Å². The molecule has 0 aliphatic carbocycles. The van der Waals surface area contributed by atoms with Crippen LogP contribution >= 0.6 is 0 Å². The molecule has 0 spiro atoms. The van der Waals surface area contributed by atoms with Crippen LogP contribution in [0.2, 0.25) is 0 Å². The summed E-state index contributed by atoms with van der Waals surface area (Å²) in [5.74, 6) is 0. The minimum Gasteiger partial charge on any atom is -0.241 e. The fraction of sp³-hybridized carbons (Fsp3) is 0. The van der Waals surface area contributed by atoms with Gasteiger partial charge in [-0.05, 0) is 24.3 Å². The summed E-state index contributed by atoms with van der Waals surface area (Å²) in [6, 6.07) is 11.3. The summed E-state index contributed by atoms with van der Waals surface area (Å²) in [6.07, 6.45) is 3.55. The first kappa shape index (κ1) is 7.56. The topological polar surface area (TPSA) is 41.6 Å². The number of benzene rings is 1. The van der Waals surface area contributed by atoms with Gasteiger partial charge in [0, 0.05) is 12.4 Å². The Kier molecular flexibility index (Phi) is 1.81.